The molecule has 2 atom stereocenters. The van der Waals surface area contributed by atoms with E-state index in [4.69, 9.17) is 9.47 Å². The van der Waals surface area contributed by atoms with Crippen LogP contribution in [0.15, 0.2) is 53.5 Å². The van der Waals surface area contributed by atoms with Gasteiger partial charge in [0, 0.05) is 12.1 Å². The summed E-state index contributed by atoms with van der Waals surface area (Å²) in [4.78, 5) is 4.34. The van der Waals surface area contributed by atoms with Crippen molar-refractivity contribution >= 4 is 5.96 Å². The number of aliphatic imine (C=N–C) groups is 1. The van der Waals surface area contributed by atoms with Gasteiger partial charge in [0.2, 0.25) is 0 Å². The van der Waals surface area contributed by atoms with Crippen molar-refractivity contribution in [3.05, 3.63) is 59.9 Å². The van der Waals surface area contributed by atoms with Gasteiger partial charge in [-0.15, -0.1) is 0 Å². The number of para-hydroxylation sites is 2. The molecule has 0 saturated heterocycles. The maximum atomic E-state index is 13.8. The molecule has 0 fully saturated rings. The van der Waals surface area contributed by atoms with Crippen LogP contribution in [0, 0.1) is 5.82 Å². The second-order valence-electron chi connectivity index (χ2n) is 6.22. The highest BCUT2D eigenvalue weighted by Gasteiger charge is 2.13. The molecule has 0 bridgehead atoms. The van der Waals surface area contributed by atoms with E-state index < -0.39 is 11.9 Å². The molecule has 7 heteroatoms. The van der Waals surface area contributed by atoms with Crippen molar-refractivity contribution in [3.8, 4) is 11.5 Å². The molecule has 0 radical (unpaired) electrons. The molecule has 0 aliphatic heterocycles. The first-order chi connectivity index (χ1) is 13.5. The average molecular weight is 389 g/mol. The lowest BCUT2D eigenvalue weighted by Crippen LogP contribution is -2.42. The van der Waals surface area contributed by atoms with Gasteiger partial charge < -0.3 is 25.2 Å². The molecule has 2 rings (SSSR count). The Morgan fingerprint density at radius 1 is 1.11 bits per heavy atom. The number of nitrogens with one attached hydrogen (secondary N) is 2. The molecule has 0 spiro atoms. The van der Waals surface area contributed by atoms with Crippen molar-refractivity contribution in [2.24, 2.45) is 4.99 Å². The fraction of sp³-hybridized carbons (Fsp3) is 0.381. The normalized spacial score (nSPS) is 13.5. The Morgan fingerprint density at radius 3 is 2.46 bits per heavy atom. The van der Waals surface area contributed by atoms with Gasteiger partial charge >= 0.3 is 0 Å². The third kappa shape index (κ3) is 6.42. The van der Waals surface area contributed by atoms with E-state index in [0.29, 0.717) is 30.5 Å². The summed E-state index contributed by atoms with van der Waals surface area (Å²) in [7, 11) is 1.60. The van der Waals surface area contributed by atoms with Crippen molar-refractivity contribution in [2.45, 2.75) is 26.1 Å². The quantitative estimate of drug-likeness (QED) is 0.454. The third-order valence-corrected chi connectivity index (χ3v) is 3.98. The van der Waals surface area contributed by atoms with Crippen molar-refractivity contribution < 1.29 is 19.0 Å². The van der Waals surface area contributed by atoms with E-state index in [1.54, 1.807) is 25.3 Å². The van der Waals surface area contributed by atoms with Gasteiger partial charge in [-0.1, -0.05) is 30.3 Å². The topological polar surface area (TPSA) is 75.1 Å². The van der Waals surface area contributed by atoms with Crippen LogP contribution < -0.4 is 20.1 Å². The second kappa shape index (κ2) is 11.1. The third-order valence-electron chi connectivity index (χ3n) is 3.98. The number of aliphatic hydroxyl groups excluding tert-OH is 1. The minimum Gasteiger partial charge on any atom is -0.493 e. The van der Waals surface area contributed by atoms with E-state index in [1.165, 1.54) is 6.07 Å². The number of benzene rings is 2. The second-order valence-corrected chi connectivity index (χ2v) is 6.22. The Balaban J connectivity index is 1.92. The van der Waals surface area contributed by atoms with Crippen LogP contribution in [-0.4, -0.2) is 43.9 Å². The van der Waals surface area contributed by atoms with E-state index in [1.807, 2.05) is 38.1 Å². The summed E-state index contributed by atoms with van der Waals surface area (Å²) in [5, 5.41) is 16.5. The fourth-order valence-electron chi connectivity index (χ4n) is 2.58. The highest BCUT2D eigenvalue weighted by molar-refractivity contribution is 5.79. The summed E-state index contributed by atoms with van der Waals surface area (Å²) in [5.74, 6) is 1.41. The van der Waals surface area contributed by atoms with Crippen molar-refractivity contribution in [3.63, 3.8) is 0 Å². The Labute approximate surface area is 165 Å². The zero-order valence-electron chi connectivity index (χ0n) is 16.5. The lowest BCUT2D eigenvalue weighted by Gasteiger charge is -2.19. The Morgan fingerprint density at radius 2 is 1.79 bits per heavy atom. The van der Waals surface area contributed by atoms with Gasteiger partial charge in [0.25, 0.3) is 0 Å². The molecule has 0 heterocycles. The molecule has 2 aromatic rings. The van der Waals surface area contributed by atoms with Crippen LogP contribution in [-0.2, 0) is 0 Å². The Bertz CT molecular complexity index is 770. The molecular formula is C21H28FN3O3. The molecule has 2 aromatic carbocycles. The first kappa shape index (κ1) is 21.5. The Kier molecular flexibility index (Phi) is 8.55. The van der Waals surface area contributed by atoms with Crippen LogP contribution in [0.4, 0.5) is 4.39 Å². The van der Waals surface area contributed by atoms with Gasteiger partial charge in [-0.05, 0) is 32.0 Å². The predicted molar refractivity (Wildman–Crippen MR) is 108 cm³/mol. The summed E-state index contributed by atoms with van der Waals surface area (Å²) < 4.78 is 25.0. The lowest BCUT2D eigenvalue weighted by molar-refractivity contribution is 0.182. The molecule has 0 aromatic heterocycles. The van der Waals surface area contributed by atoms with Gasteiger partial charge in [0.05, 0.1) is 20.2 Å². The van der Waals surface area contributed by atoms with Crippen LogP contribution in [0.5, 0.6) is 11.5 Å². The number of aliphatic hydroxyl groups is 1. The van der Waals surface area contributed by atoms with Crippen molar-refractivity contribution in [2.75, 3.05) is 26.7 Å². The molecule has 3 N–H and O–H groups in total. The minimum absolute atomic E-state index is 0.0397. The van der Waals surface area contributed by atoms with Gasteiger partial charge in [-0.25, -0.2) is 4.39 Å². The standard InChI is InChI=1S/C21H28FN3O3/c1-4-23-21(25-14-18(26)16-9-5-6-10-17(16)22)24-13-15(2)28-20-12-8-7-11-19(20)27-3/h5-12,15,18,26H,4,13-14H2,1-3H3,(H2,23,24,25). The van der Waals surface area contributed by atoms with E-state index in [0.717, 1.165) is 0 Å². The molecule has 0 aliphatic rings. The maximum absolute atomic E-state index is 13.8. The molecular weight excluding hydrogens is 361 g/mol. The van der Waals surface area contributed by atoms with E-state index in [9.17, 15) is 9.50 Å². The Hall–Kier alpha value is -2.80. The van der Waals surface area contributed by atoms with Crippen LogP contribution in [0.3, 0.4) is 0 Å². The molecule has 0 amide bonds. The summed E-state index contributed by atoms with van der Waals surface area (Å²) in [5.41, 5.74) is 0.231. The van der Waals surface area contributed by atoms with Crippen LogP contribution in [0.25, 0.3) is 0 Å². The summed E-state index contributed by atoms with van der Waals surface area (Å²) >= 11 is 0. The fourth-order valence-corrected chi connectivity index (χ4v) is 2.58. The number of nitrogens with zero attached hydrogens (tertiary/aromatic N) is 1. The smallest absolute Gasteiger partial charge is 0.191 e. The van der Waals surface area contributed by atoms with Gasteiger partial charge in [-0.3, -0.25) is 4.99 Å². The highest BCUT2D eigenvalue weighted by atomic mass is 19.1. The van der Waals surface area contributed by atoms with Gasteiger partial charge in [-0.2, -0.15) is 0 Å². The molecule has 28 heavy (non-hydrogen) atoms. The number of ether oxygens (including phenoxy) is 2. The largest absolute Gasteiger partial charge is 0.493 e. The number of rotatable bonds is 9. The summed E-state index contributed by atoms with van der Waals surface area (Å²) in [6.45, 7) is 5.05. The lowest BCUT2D eigenvalue weighted by atomic mass is 10.1. The summed E-state index contributed by atoms with van der Waals surface area (Å²) in [6.07, 6.45) is -1.17. The van der Waals surface area contributed by atoms with E-state index in [-0.39, 0.29) is 18.2 Å². The molecule has 6 nitrogen and oxygen atoms in total. The van der Waals surface area contributed by atoms with Crippen LogP contribution in [0.1, 0.15) is 25.5 Å². The van der Waals surface area contributed by atoms with Crippen molar-refractivity contribution in [1.29, 1.82) is 0 Å². The molecule has 152 valence electrons. The number of methoxy groups -OCH3 is 1. The number of halogens is 1. The monoisotopic (exact) mass is 389 g/mol. The molecule has 0 saturated carbocycles. The zero-order chi connectivity index (χ0) is 20.4. The first-order valence-corrected chi connectivity index (χ1v) is 9.29. The first-order valence-electron chi connectivity index (χ1n) is 9.29. The molecule has 0 aliphatic carbocycles. The number of hydrogen-bond donors (Lipinski definition) is 3. The number of guanidine groups is 1. The number of hydrogen-bond acceptors (Lipinski definition) is 4. The molecule has 2 unspecified atom stereocenters. The minimum atomic E-state index is -1.01. The van der Waals surface area contributed by atoms with E-state index >= 15 is 0 Å². The summed E-state index contributed by atoms with van der Waals surface area (Å²) in [6, 6.07) is 13.6. The SMILES string of the molecule is CCNC(=NCC(O)c1ccccc1F)NCC(C)Oc1ccccc1OC. The zero-order valence-corrected chi connectivity index (χ0v) is 16.5. The van der Waals surface area contributed by atoms with Gasteiger partial charge in [0.1, 0.15) is 18.0 Å². The predicted octanol–water partition coefficient (Wildman–Crippen LogP) is 2.89. The van der Waals surface area contributed by atoms with E-state index in [2.05, 4.69) is 15.6 Å². The van der Waals surface area contributed by atoms with Crippen LogP contribution in [0.2, 0.25) is 0 Å². The average Bonchev–Trinajstić information content (AvgIpc) is 2.70. The van der Waals surface area contributed by atoms with Crippen LogP contribution >= 0.6 is 0 Å². The maximum Gasteiger partial charge on any atom is 0.191 e. The van der Waals surface area contributed by atoms with Crippen molar-refractivity contribution in [1.82, 2.24) is 10.6 Å². The van der Waals surface area contributed by atoms with Gasteiger partial charge in [0.15, 0.2) is 17.5 Å². The highest BCUT2D eigenvalue weighted by Crippen LogP contribution is 2.26.